The van der Waals surface area contributed by atoms with Gasteiger partial charge in [0, 0.05) is 5.02 Å². The Morgan fingerprint density at radius 2 is 1.65 bits per heavy atom. The Morgan fingerprint density at radius 1 is 1.05 bits per heavy atom. The lowest BCUT2D eigenvalue weighted by atomic mass is 10.0. The van der Waals surface area contributed by atoms with E-state index in [4.69, 9.17) is 17.4 Å². The summed E-state index contributed by atoms with van der Waals surface area (Å²) >= 11 is 5.89. The highest BCUT2D eigenvalue weighted by Crippen LogP contribution is 2.26. The van der Waals surface area contributed by atoms with Crippen molar-refractivity contribution in [3.63, 3.8) is 0 Å². The van der Waals surface area contributed by atoms with E-state index in [1.165, 1.54) is 5.56 Å². The van der Waals surface area contributed by atoms with E-state index in [-0.39, 0.29) is 12.4 Å². The summed E-state index contributed by atoms with van der Waals surface area (Å²) in [5.74, 6) is 6.66. The lowest BCUT2D eigenvalue weighted by Crippen LogP contribution is -2.31. The maximum atomic E-state index is 6.20. The summed E-state index contributed by atoms with van der Waals surface area (Å²) in [7, 11) is 0. The first-order valence-corrected chi connectivity index (χ1v) is 6.81. The molecule has 0 saturated heterocycles. The Labute approximate surface area is 131 Å². The Balaban J connectivity index is 0.00000200. The standard InChI is InChI=1S/C16H19ClN2.ClH/c1-12(2)15-5-3-4-6-16(15)19(18)11-13-7-9-14(17)10-8-13;/h3-10,12H,11,18H2,1-2H3;1H. The monoisotopic (exact) mass is 310 g/mol. The van der Waals surface area contributed by atoms with E-state index >= 15 is 0 Å². The number of hydrogen-bond donors (Lipinski definition) is 1. The molecule has 0 aliphatic heterocycles. The van der Waals surface area contributed by atoms with Crippen LogP contribution in [0.25, 0.3) is 0 Å². The van der Waals surface area contributed by atoms with Gasteiger partial charge in [0.1, 0.15) is 0 Å². The number of nitrogens with zero attached hydrogens (tertiary/aromatic N) is 1. The average Bonchev–Trinajstić information content (AvgIpc) is 2.41. The zero-order chi connectivity index (χ0) is 13.8. The van der Waals surface area contributed by atoms with E-state index in [0.29, 0.717) is 12.5 Å². The van der Waals surface area contributed by atoms with Crippen LogP contribution in [-0.2, 0) is 6.54 Å². The summed E-state index contributed by atoms with van der Waals surface area (Å²) in [6.45, 7) is 5.02. The summed E-state index contributed by atoms with van der Waals surface area (Å²) in [6.07, 6.45) is 0. The summed E-state index contributed by atoms with van der Waals surface area (Å²) in [5, 5.41) is 2.54. The van der Waals surface area contributed by atoms with Crippen molar-refractivity contribution in [1.29, 1.82) is 0 Å². The second-order valence-electron chi connectivity index (χ2n) is 4.97. The van der Waals surface area contributed by atoms with Crippen LogP contribution in [-0.4, -0.2) is 0 Å². The zero-order valence-corrected chi connectivity index (χ0v) is 13.3. The molecule has 0 radical (unpaired) electrons. The second kappa shape index (κ2) is 7.53. The van der Waals surface area contributed by atoms with Crippen LogP contribution < -0.4 is 10.9 Å². The van der Waals surface area contributed by atoms with Crippen LogP contribution in [0.4, 0.5) is 5.69 Å². The third-order valence-electron chi connectivity index (χ3n) is 3.13. The molecule has 2 aromatic carbocycles. The van der Waals surface area contributed by atoms with Gasteiger partial charge in [-0.2, -0.15) is 0 Å². The highest BCUT2D eigenvalue weighted by Gasteiger charge is 2.10. The fourth-order valence-corrected chi connectivity index (χ4v) is 2.23. The smallest absolute Gasteiger partial charge is 0.0592 e. The minimum Gasteiger partial charge on any atom is -0.306 e. The van der Waals surface area contributed by atoms with Crippen LogP contribution in [0.5, 0.6) is 0 Å². The van der Waals surface area contributed by atoms with Crippen molar-refractivity contribution >= 4 is 29.7 Å². The molecule has 4 heteroatoms. The first kappa shape index (κ1) is 16.8. The molecular weight excluding hydrogens is 291 g/mol. The molecule has 2 aromatic rings. The van der Waals surface area contributed by atoms with Gasteiger partial charge in [0.25, 0.3) is 0 Å². The number of nitrogens with two attached hydrogens (primary N) is 1. The highest BCUT2D eigenvalue weighted by molar-refractivity contribution is 6.30. The predicted molar refractivity (Wildman–Crippen MR) is 89.6 cm³/mol. The fourth-order valence-electron chi connectivity index (χ4n) is 2.11. The average molecular weight is 311 g/mol. The van der Waals surface area contributed by atoms with Gasteiger partial charge in [-0.05, 0) is 35.2 Å². The van der Waals surface area contributed by atoms with Gasteiger partial charge < -0.3 is 5.01 Å². The Morgan fingerprint density at radius 3 is 2.25 bits per heavy atom. The van der Waals surface area contributed by atoms with Gasteiger partial charge in [-0.3, -0.25) is 0 Å². The molecule has 2 nitrogen and oxygen atoms in total. The quantitative estimate of drug-likeness (QED) is 0.651. The molecular formula is C16H20Cl2N2. The Kier molecular flexibility index (Phi) is 6.34. The van der Waals surface area contributed by atoms with Crippen molar-refractivity contribution in [1.82, 2.24) is 0 Å². The lowest BCUT2D eigenvalue weighted by Gasteiger charge is -2.23. The number of hydrazine groups is 1. The summed E-state index contributed by atoms with van der Waals surface area (Å²) in [6, 6.07) is 16.0. The van der Waals surface area contributed by atoms with Gasteiger partial charge in [0.2, 0.25) is 0 Å². The number of rotatable bonds is 4. The van der Waals surface area contributed by atoms with E-state index in [1.54, 1.807) is 5.01 Å². The molecule has 2 N–H and O–H groups in total. The Hall–Kier alpha value is -1.22. The molecule has 0 heterocycles. The van der Waals surface area contributed by atoms with Crippen LogP contribution in [0.3, 0.4) is 0 Å². The number of anilines is 1. The van der Waals surface area contributed by atoms with Gasteiger partial charge >= 0.3 is 0 Å². The largest absolute Gasteiger partial charge is 0.306 e. The van der Waals surface area contributed by atoms with E-state index in [2.05, 4.69) is 32.0 Å². The molecule has 108 valence electrons. The molecule has 20 heavy (non-hydrogen) atoms. The molecule has 0 atom stereocenters. The summed E-state index contributed by atoms with van der Waals surface area (Å²) in [5.41, 5.74) is 3.48. The van der Waals surface area contributed by atoms with E-state index < -0.39 is 0 Å². The lowest BCUT2D eigenvalue weighted by molar-refractivity contribution is 0.808. The molecule has 0 aliphatic carbocycles. The van der Waals surface area contributed by atoms with Crippen molar-refractivity contribution in [3.8, 4) is 0 Å². The van der Waals surface area contributed by atoms with Crippen molar-refractivity contribution in [2.45, 2.75) is 26.3 Å². The highest BCUT2D eigenvalue weighted by atomic mass is 35.5. The van der Waals surface area contributed by atoms with Gasteiger partial charge in [-0.15, -0.1) is 12.4 Å². The molecule has 0 aliphatic rings. The molecule has 0 bridgehead atoms. The Bertz CT molecular complexity index is 538. The van der Waals surface area contributed by atoms with Gasteiger partial charge in [-0.25, -0.2) is 5.84 Å². The van der Waals surface area contributed by atoms with Crippen molar-refractivity contribution in [2.24, 2.45) is 5.84 Å². The van der Waals surface area contributed by atoms with E-state index in [9.17, 15) is 0 Å². The number of halogens is 2. The molecule has 0 fully saturated rings. The first-order chi connectivity index (χ1) is 9.08. The van der Waals surface area contributed by atoms with Gasteiger partial charge in [-0.1, -0.05) is 55.8 Å². The first-order valence-electron chi connectivity index (χ1n) is 6.43. The van der Waals surface area contributed by atoms with Gasteiger partial charge in [0.15, 0.2) is 0 Å². The second-order valence-corrected chi connectivity index (χ2v) is 5.40. The van der Waals surface area contributed by atoms with Crippen LogP contribution in [0.1, 0.15) is 30.9 Å². The molecule has 0 unspecified atom stereocenters. The molecule has 0 spiro atoms. The molecule has 0 amide bonds. The summed E-state index contributed by atoms with van der Waals surface area (Å²) < 4.78 is 0. The minimum atomic E-state index is 0. The van der Waals surface area contributed by atoms with Crippen molar-refractivity contribution in [3.05, 3.63) is 64.7 Å². The molecule has 0 saturated carbocycles. The number of benzene rings is 2. The number of para-hydroxylation sites is 1. The van der Waals surface area contributed by atoms with Crippen LogP contribution in [0.2, 0.25) is 5.02 Å². The molecule has 2 rings (SSSR count). The van der Waals surface area contributed by atoms with Crippen LogP contribution in [0.15, 0.2) is 48.5 Å². The van der Waals surface area contributed by atoms with E-state index in [0.717, 1.165) is 16.3 Å². The zero-order valence-electron chi connectivity index (χ0n) is 11.7. The topological polar surface area (TPSA) is 29.3 Å². The number of hydrogen-bond acceptors (Lipinski definition) is 2. The maximum absolute atomic E-state index is 6.20. The van der Waals surface area contributed by atoms with Crippen molar-refractivity contribution < 1.29 is 0 Å². The minimum absolute atomic E-state index is 0. The van der Waals surface area contributed by atoms with E-state index in [1.807, 2.05) is 30.3 Å². The van der Waals surface area contributed by atoms with Gasteiger partial charge in [0.05, 0.1) is 12.2 Å². The van der Waals surface area contributed by atoms with Crippen LogP contribution >= 0.6 is 24.0 Å². The SMILES string of the molecule is CC(C)c1ccccc1N(N)Cc1ccc(Cl)cc1.Cl. The third-order valence-corrected chi connectivity index (χ3v) is 3.39. The maximum Gasteiger partial charge on any atom is 0.0592 e. The third kappa shape index (κ3) is 4.14. The fraction of sp³-hybridized carbons (Fsp3) is 0.250. The predicted octanol–water partition coefficient (Wildman–Crippen LogP) is 4.77. The normalized spacial score (nSPS) is 10.2. The van der Waals surface area contributed by atoms with Crippen LogP contribution in [0, 0.1) is 0 Å². The molecule has 0 aromatic heterocycles. The summed E-state index contributed by atoms with van der Waals surface area (Å²) in [4.78, 5) is 0. The van der Waals surface area contributed by atoms with Crippen molar-refractivity contribution in [2.75, 3.05) is 5.01 Å².